The Kier molecular flexibility index (Phi) is 5.02. The summed E-state index contributed by atoms with van der Waals surface area (Å²) in [6, 6.07) is 3.44. The highest BCUT2D eigenvalue weighted by Crippen LogP contribution is 2.40. The van der Waals surface area contributed by atoms with Crippen LogP contribution in [0.1, 0.15) is 22.1 Å². The number of amides is 1. The summed E-state index contributed by atoms with van der Waals surface area (Å²) in [6.45, 7) is 1.50. The van der Waals surface area contributed by atoms with Crippen LogP contribution in [0.2, 0.25) is 0 Å². The summed E-state index contributed by atoms with van der Waals surface area (Å²) >= 11 is 0. The average molecular weight is 399 g/mol. The van der Waals surface area contributed by atoms with E-state index in [4.69, 9.17) is 14.2 Å². The number of benzene rings is 1. The second-order valence-electron chi connectivity index (χ2n) is 6.50. The largest absolute Gasteiger partial charge is 0.493 e. The van der Waals surface area contributed by atoms with Gasteiger partial charge in [0.15, 0.2) is 11.5 Å². The molecule has 0 unspecified atom stereocenters. The van der Waals surface area contributed by atoms with Crippen molar-refractivity contribution in [2.45, 2.75) is 12.6 Å². The van der Waals surface area contributed by atoms with Crippen molar-refractivity contribution in [3.63, 3.8) is 0 Å². The zero-order valence-corrected chi connectivity index (χ0v) is 16.3. The Labute approximate surface area is 166 Å². The lowest BCUT2D eigenvalue weighted by Gasteiger charge is -2.39. The Bertz CT molecular complexity index is 996. The van der Waals surface area contributed by atoms with E-state index in [1.165, 1.54) is 26.1 Å². The van der Waals surface area contributed by atoms with Gasteiger partial charge in [-0.1, -0.05) is 5.21 Å². The van der Waals surface area contributed by atoms with Crippen molar-refractivity contribution in [3.8, 4) is 17.2 Å². The van der Waals surface area contributed by atoms with Gasteiger partial charge in [0, 0.05) is 13.1 Å². The van der Waals surface area contributed by atoms with E-state index in [9.17, 15) is 4.79 Å². The van der Waals surface area contributed by atoms with Gasteiger partial charge in [-0.15, -0.1) is 5.10 Å². The Hall–Kier alpha value is -3.63. The van der Waals surface area contributed by atoms with E-state index >= 15 is 0 Å². The zero-order chi connectivity index (χ0) is 20.4. The maximum Gasteiger partial charge on any atom is 0.257 e. The predicted octanol–water partition coefficient (Wildman–Crippen LogP) is 0.641. The summed E-state index contributed by atoms with van der Waals surface area (Å²) in [5.41, 5.74) is 1.18. The minimum absolute atomic E-state index is 0.0666. The molecule has 0 aliphatic carbocycles. The number of aromatic nitrogens is 6. The highest BCUT2D eigenvalue weighted by atomic mass is 16.5. The van der Waals surface area contributed by atoms with Crippen LogP contribution in [0, 0.1) is 0 Å². The van der Waals surface area contributed by atoms with Crippen LogP contribution >= 0.6 is 0 Å². The molecule has 1 amide bonds. The molecule has 3 heterocycles. The second-order valence-corrected chi connectivity index (χ2v) is 6.50. The number of likely N-dealkylation sites (tertiary alicyclic amines) is 1. The van der Waals surface area contributed by atoms with Gasteiger partial charge in [-0.3, -0.25) is 4.79 Å². The molecule has 1 saturated heterocycles. The Balaban J connectivity index is 1.44. The van der Waals surface area contributed by atoms with E-state index < -0.39 is 0 Å². The van der Waals surface area contributed by atoms with Crippen LogP contribution in [0.15, 0.2) is 30.7 Å². The standard InChI is InChI=1S/C18H21N7O4/c1-27-15-5-4-14(16(28-2)17(15)29-3)18(26)23-10-13(11-23)24-8-12(21-22-24)9-25-19-6-7-20-25/h4-8,13H,9-11H2,1-3H3. The van der Waals surface area contributed by atoms with Crippen LogP contribution in [0.5, 0.6) is 17.2 Å². The van der Waals surface area contributed by atoms with Gasteiger partial charge in [-0.2, -0.15) is 15.0 Å². The highest BCUT2D eigenvalue weighted by molar-refractivity contribution is 5.98. The van der Waals surface area contributed by atoms with Crippen molar-refractivity contribution in [2.75, 3.05) is 34.4 Å². The van der Waals surface area contributed by atoms with Gasteiger partial charge in [-0.25, -0.2) is 4.68 Å². The predicted molar refractivity (Wildman–Crippen MR) is 100 cm³/mol. The smallest absolute Gasteiger partial charge is 0.257 e. The molecule has 0 saturated carbocycles. The number of rotatable bonds is 7. The molecule has 11 nitrogen and oxygen atoms in total. The molecular weight excluding hydrogens is 378 g/mol. The summed E-state index contributed by atoms with van der Waals surface area (Å²) < 4.78 is 17.8. The molecule has 1 aliphatic rings. The van der Waals surface area contributed by atoms with Crippen molar-refractivity contribution >= 4 is 5.91 Å². The van der Waals surface area contributed by atoms with Gasteiger partial charge in [-0.05, 0) is 12.1 Å². The third-order valence-electron chi connectivity index (χ3n) is 4.79. The van der Waals surface area contributed by atoms with E-state index in [0.29, 0.717) is 42.4 Å². The lowest BCUT2D eigenvalue weighted by molar-refractivity contribution is 0.0494. The van der Waals surface area contributed by atoms with Crippen LogP contribution < -0.4 is 14.2 Å². The molecule has 0 atom stereocenters. The molecule has 0 bridgehead atoms. The van der Waals surface area contributed by atoms with E-state index in [-0.39, 0.29) is 11.9 Å². The lowest BCUT2D eigenvalue weighted by atomic mass is 10.1. The molecule has 1 fully saturated rings. The third kappa shape index (κ3) is 3.46. The molecule has 0 spiro atoms. The van der Waals surface area contributed by atoms with Crippen molar-refractivity contribution in [1.29, 1.82) is 0 Å². The van der Waals surface area contributed by atoms with E-state index in [2.05, 4.69) is 20.5 Å². The van der Waals surface area contributed by atoms with E-state index in [1.807, 2.05) is 6.20 Å². The summed E-state index contributed by atoms with van der Waals surface area (Å²) in [6.07, 6.45) is 5.08. The van der Waals surface area contributed by atoms with Crippen LogP contribution in [0.25, 0.3) is 0 Å². The number of methoxy groups -OCH3 is 3. The summed E-state index contributed by atoms with van der Waals surface area (Å²) in [5, 5.41) is 16.4. The maximum absolute atomic E-state index is 13.0. The second kappa shape index (κ2) is 7.78. The zero-order valence-electron chi connectivity index (χ0n) is 16.3. The normalized spacial score (nSPS) is 13.8. The van der Waals surface area contributed by atoms with Crippen molar-refractivity contribution in [2.24, 2.45) is 0 Å². The number of nitrogens with zero attached hydrogens (tertiary/aromatic N) is 7. The first-order valence-electron chi connectivity index (χ1n) is 8.97. The number of carbonyl (C=O) groups is 1. The number of hydrogen-bond acceptors (Lipinski definition) is 8. The fraction of sp³-hybridized carbons (Fsp3) is 0.389. The van der Waals surface area contributed by atoms with Gasteiger partial charge in [0.05, 0.1) is 51.5 Å². The van der Waals surface area contributed by atoms with Gasteiger partial charge in [0.1, 0.15) is 12.2 Å². The molecule has 152 valence electrons. The van der Waals surface area contributed by atoms with Crippen LogP contribution in [0.3, 0.4) is 0 Å². The SMILES string of the molecule is COc1ccc(C(=O)N2CC(n3cc(Cn4nccn4)nn3)C2)c(OC)c1OC. The first-order valence-corrected chi connectivity index (χ1v) is 8.97. The molecule has 4 rings (SSSR count). The van der Waals surface area contributed by atoms with Gasteiger partial charge in [0.2, 0.25) is 5.75 Å². The fourth-order valence-electron chi connectivity index (χ4n) is 3.26. The van der Waals surface area contributed by atoms with Crippen LogP contribution in [-0.2, 0) is 6.54 Å². The molecule has 29 heavy (non-hydrogen) atoms. The maximum atomic E-state index is 13.0. The number of hydrogen-bond donors (Lipinski definition) is 0. The fourth-order valence-corrected chi connectivity index (χ4v) is 3.26. The Morgan fingerprint density at radius 3 is 2.45 bits per heavy atom. The van der Waals surface area contributed by atoms with Gasteiger partial charge in [0.25, 0.3) is 5.91 Å². The third-order valence-corrected chi connectivity index (χ3v) is 4.79. The van der Waals surface area contributed by atoms with Crippen molar-refractivity contribution in [3.05, 3.63) is 42.0 Å². The number of carbonyl (C=O) groups excluding carboxylic acids is 1. The van der Waals surface area contributed by atoms with E-state index in [0.717, 1.165) is 5.69 Å². The molecule has 1 aliphatic heterocycles. The molecular formula is C18H21N7O4. The first-order chi connectivity index (χ1) is 14.1. The molecule has 0 N–H and O–H groups in total. The van der Waals surface area contributed by atoms with Crippen LogP contribution in [0.4, 0.5) is 0 Å². The van der Waals surface area contributed by atoms with Gasteiger partial charge < -0.3 is 19.1 Å². The van der Waals surface area contributed by atoms with E-state index in [1.54, 1.807) is 34.1 Å². The van der Waals surface area contributed by atoms with Crippen molar-refractivity contribution in [1.82, 2.24) is 34.9 Å². The Morgan fingerprint density at radius 2 is 1.79 bits per heavy atom. The monoisotopic (exact) mass is 399 g/mol. The molecule has 2 aromatic heterocycles. The molecule has 0 radical (unpaired) electrons. The number of ether oxygens (including phenoxy) is 3. The minimum Gasteiger partial charge on any atom is -0.493 e. The average Bonchev–Trinajstić information content (AvgIpc) is 3.38. The quantitative estimate of drug-likeness (QED) is 0.569. The molecule has 1 aromatic carbocycles. The summed E-state index contributed by atoms with van der Waals surface area (Å²) in [5.74, 6) is 1.12. The Morgan fingerprint density at radius 1 is 1.07 bits per heavy atom. The topological polar surface area (TPSA) is 109 Å². The lowest BCUT2D eigenvalue weighted by Crippen LogP contribution is -2.51. The molecule has 11 heteroatoms. The van der Waals surface area contributed by atoms with Crippen LogP contribution in [-0.4, -0.2) is 75.2 Å². The van der Waals surface area contributed by atoms with Gasteiger partial charge >= 0.3 is 0 Å². The molecule has 3 aromatic rings. The summed E-state index contributed by atoms with van der Waals surface area (Å²) in [7, 11) is 4.54. The first kappa shape index (κ1) is 18.7. The summed E-state index contributed by atoms with van der Waals surface area (Å²) in [4.78, 5) is 16.2. The minimum atomic E-state index is -0.139. The highest BCUT2D eigenvalue weighted by Gasteiger charge is 2.35. The van der Waals surface area contributed by atoms with Crippen molar-refractivity contribution < 1.29 is 19.0 Å².